The van der Waals surface area contributed by atoms with Crippen LogP contribution in [0.5, 0.6) is 0 Å². The first kappa shape index (κ1) is 14.8. The highest BCUT2D eigenvalue weighted by atomic mass is 16.5. The van der Waals surface area contributed by atoms with Crippen LogP contribution in [0.3, 0.4) is 0 Å². The predicted octanol–water partition coefficient (Wildman–Crippen LogP) is 1.73. The second-order valence-electron chi connectivity index (χ2n) is 5.85. The number of carbonyl (C=O) groups excluding carboxylic acids is 1. The molecule has 6 heteroatoms. The molecule has 118 valence electrons. The molecule has 1 N–H and O–H groups in total. The van der Waals surface area contributed by atoms with E-state index in [9.17, 15) is 9.59 Å². The second-order valence-corrected chi connectivity index (χ2v) is 5.85. The van der Waals surface area contributed by atoms with E-state index in [-0.39, 0.29) is 19.1 Å². The Bertz CT molecular complexity index is 605. The van der Waals surface area contributed by atoms with Crippen molar-refractivity contribution in [1.82, 2.24) is 4.90 Å². The number of rotatable bonds is 4. The molecule has 3 rings (SSSR count). The molecule has 0 spiro atoms. The molecule has 3 unspecified atom stereocenters. The molecule has 22 heavy (non-hydrogen) atoms. The third-order valence-electron chi connectivity index (χ3n) is 4.21. The molecule has 1 saturated carbocycles. The fourth-order valence-electron chi connectivity index (χ4n) is 2.70. The van der Waals surface area contributed by atoms with Gasteiger partial charge in [0.25, 0.3) is 0 Å². The Morgan fingerprint density at radius 1 is 1.41 bits per heavy atom. The summed E-state index contributed by atoms with van der Waals surface area (Å²) in [6.07, 6.45) is 4.09. The molecule has 1 aliphatic carbocycles. The van der Waals surface area contributed by atoms with E-state index in [2.05, 4.69) is 6.92 Å². The molecule has 2 aliphatic rings. The summed E-state index contributed by atoms with van der Waals surface area (Å²) >= 11 is 0. The van der Waals surface area contributed by atoms with Crippen LogP contribution >= 0.6 is 0 Å². The molecule has 2 fully saturated rings. The highest BCUT2D eigenvalue weighted by Crippen LogP contribution is 2.47. The van der Waals surface area contributed by atoms with Gasteiger partial charge in [0.15, 0.2) is 6.04 Å². The maximum atomic E-state index is 12.2. The van der Waals surface area contributed by atoms with E-state index in [1.165, 1.54) is 11.0 Å². The van der Waals surface area contributed by atoms with Crippen molar-refractivity contribution in [2.75, 3.05) is 19.8 Å². The zero-order chi connectivity index (χ0) is 15.7. The number of furan rings is 1. The third-order valence-corrected chi connectivity index (χ3v) is 4.21. The van der Waals surface area contributed by atoms with E-state index in [0.29, 0.717) is 24.2 Å². The smallest absolute Gasteiger partial charge is 0.328 e. The van der Waals surface area contributed by atoms with E-state index in [4.69, 9.17) is 14.3 Å². The zero-order valence-corrected chi connectivity index (χ0v) is 12.4. The highest BCUT2D eigenvalue weighted by Gasteiger charge is 2.36. The Kier molecular flexibility index (Phi) is 4.02. The number of amides is 1. The van der Waals surface area contributed by atoms with Crippen LogP contribution in [0.1, 0.15) is 30.8 Å². The van der Waals surface area contributed by atoms with Crippen molar-refractivity contribution < 1.29 is 23.8 Å². The number of aliphatic carboxylic acids is 1. The molecule has 3 atom stereocenters. The molecule has 1 aliphatic heterocycles. The molecule has 6 nitrogen and oxygen atoms in total. The topological polar surface area (TPSA) is 80.0 Å². The average Bonchev–Trinajstić information content (AvgIpc) is 3.06. The molecular formula is C16H19NO5. The third kappa shape index (κ3) is 3.06. The fraction of sp³-hybridized carbons (Fsp3) is 0.500. The number of carbonyl (C=O) groups is 2. The number of morpholine rings is 1. The number of carboxylic acids is 1. The van der Waals surface area contributed by atoms with Crippen molar-refractivity contribution in [2.45, 2.75) is 25.3 Å². The van der Waals surface area contributed by atoms with Gasteiger partial charge in [-0.05, 0) is 30.5 Å². The SMILES string of the molecule is CC1CC1c1ccc(C=CC(=O)N2CCOCC2C(=O)O)o1. The second kappa shape index (κ2) is 5.96. The van der Waals surface area contributed by atoms with Gasteiger partial charge in [0.2, 0.25) is 5.91 Å². The summed E-state index contributed by atoms with van der Waals surface area (Å²) in [5.74, 6) is 1.33. The molecule has 1 saturated heterocycles. The molecule has 1 aromatic rings. The summed E-state index contributed by atoms with van der Waals surface area (Å²) in [6.45, 7) is 2.84. The summed E-state index contributed by atoms with van der Waals surface area (Å²) in [4.78, 5) is 24.6. The standard InChI is InChI=1S/C16H19NO5/c1-10-8-12(10)14-4-2-11(22-14)3-5-15(18)17-6-7-21-9-13(17)16(19)20/h2-5,10,12-13H,6-9H2,1H3,(H,19,20). The summed E-state index contributed by atoms with van der Waals surface area (Å²) < 4.78 is 10.8. The summed E-state index contributed by atoms with van der Waals surface area (Å²) in [5, 5.41) is 9.12. The van der Waals surface area contributed by atoms with Gasteiger partial charge in [0, 0.05) is 18.5 Å². The number of ether oxygens (including phenoxy) is 1. The number of nitrogens with zero attached hydrogens (tertiary/aromatic N) is 1. The van der Waals surface area contributed by atoms with Crippen molar-refractivity contribution in [3.05, 3.63) is 29.7 Å². The quantitative estimate of drug-likeness (QED) is 0.857. The predicted molar refractivity (Wildman–Crippen MR) is 78.2 cm³/mol. The van der Waals surface area contributed by atoms with E-state index in [1.54, 1.807) is 6.08 Å². The van der Waals surface area contributed by atoms with Crippen molar-refractivity contribution >= 4 is 18.0 Å². The van der Waals surface area contributed by atoms with Crippen molar-refractivity contribution in [3.8, 4) is 0 Å². The zero-order valence-electron chi connectivity index (χ0n) is 12.4. The number of carboxylic acid groups (broad SMARTS) is 1. The number of hydrogen-bond donors (Lipinski definition) is 1. The minimum Gasteiger partial charge on any atom is -0.480 e. The van der Waals surface area contributed by atoms with Crippen molar-refractivity contribution in [2.24, 2.45) is 5.92 Å². The molecule has 0 radical (unpaired) electrons. The Labute approximate surface area is 128 Å². The van der Waals surface area contributed by atoms with Gasteiger partial charge in [-0.1, -0.05) is 6.92 Å². The van der Waals surface area contributed by atoms with Gasteiger partial charge in [0.1, 0.15) is 11.5 Å². The lowest BCUT2D eigenvalue weighted by Gasteiger charge is -2.31. The first-order valence-corrected chi connectivity index (χ1v) is 7.45. The van der Waals surface area contributed by atoms with Gasteiger partial charge < -0.3 is 19.2 Å². The van der Waals surface area contributed by atoms with Crippen LogP contribution in [-0.4, -0.2) is 47.7 Å². The summed E-state index contributed by atoms with van der Waals surface area (Å²) in [7, 11) is 0. The Morgan fingerprint density at radius 2 is 2.18 bits per heavy atom. The first-order chi connectivity index (χ1) is 10.6. The minimum absolute atomic E-state index is 0.0272. The molecule has 1 amide bonds. The largest absolute Gasteiger partial charge is 0.480 e. The van der Waals surface area contributed by atoms with Crippen molar-refractivity contribution in [3.63, 3.8) is 0 Å². The van der Waals surface area contributed by atoms with Gasteiger partial charge in [-0.3, -0.25) is 4.79 Å². The van der Waals surface area contributed by atoms with E-state index < -0.39 is 12.0 Å². The molecule has 0 bridgehead atoms. The first-order valence-electron chi connectivity index (χ1n) is 7.45. The Morgan fingerprint density at radius 3 is 2.86 bits per heavy atom. The van der Waals surface area contributed by atoms with Crippen LogP contribution in [0.25, 0.3) is 6.08 Å². The normalized spacial score (nSPS) is 28.0. The monoisotopic (exact) mass is 305 g/mol. The number of hydrogen-bond acceptors (Lipinski definition) is 4. The Balaban J connectivity index is 1.64. The maximum Gasteiger partial charge on any atom is 0.328 e. The maximum absolute atomic E-state index is 12.2. The van der Waals surface area contributed by atoms with E-state index in [0.717, 1.165) is 12.2 Å². The van der Waals surface area contributed by atoms with Gasteiger partial charge in [0.05, 0.1) is 13.2 Å². The summed E-state index contributed by atoms with van der Waals surface area (Å²) in [5.41, 5.74) is 0. The van der Waals surface area contributed by atoms with Gasteiger partial charge in [-0.15, -0.1) is 0 Å². The van der Waals surface area contributed by atoms with Gasteiger partial charge in [-0.2, -0.15) is 0 Å². The van der Waals surface area contributed by atoms with Gasteiger partial charge in [-0.25, -0.2) is 4.79 Å². The molecule has 0 aromatic carbocycles. The summed E-state index contributed by atoms with van der Waals surface area (Å²) in [6, 6.07) is 2.84. The van der Waals surface area contributed by atoms with Crippen LogP contribution in [-0.2, 0) is 14.3 Å². The Hall–Kier alpha value is -2.08. The lowest BCUT2D eigenvalue weighted by atomic mass is 10.2. The van der Waals surface area contributed by atoms with Crippen LogP contribution in [0.2, 0.25) is 0 Å². The molecule has 2 heterocycles. The van der Waals surface area contributed by atoms with E-state index in [1.807, 2.05) is 12.1 Å². The lowest BCUT2D eigenvalue weighted by molar-refractivity contribution is -0.156. The fourth-order valence-corrected chi connectivity index (χ4v) is 2.70. The van der Waals surface area contributed by atoms with Crippen LogP contribution < -0.4 is 0 Å². The van der Waals surface area contributed by atoms with Crippen molar-refractivity contribution in [1.29, 1.82) is 0 Å². The van der Waals surface area contributed by atoms with E-state index >= 15 is 0 Å². The minimum atomic E-state index is -1.05. The van der Waals surface area contributed by atoms with Crippen LogP contribution in [0.15, 0.2) is 22.6 Å². The average molecular weight is 305 g/mol. The lowest BCUT2D eigenvalue weighted by Crippen LogP contribution is -2.52. The van der Waals surface area contributed by atoms with Gasteiger partial charge >= 0.3 is 5.97 Å². The van der Waals surface area contributed by atoms with Crippen LogP contribution in [0, 0.1) is 5.92 Å². The highest BCUT2D eigenvalue weighted by molar-refractivity contribution is 5.94. The van der Waals surface area contributed by atoms with Crippen LogP contribution in [0.4, 0.5) is 0 Å². The molecular weight excluding hydrogens is 286 g/mol. The molecule has 1 aromatic heterocycles.